The molecule has 0 saturated carbocycles. The molecular weight excluding hydrogens is 269 g/mol. The summed E-state index contributed by atoms with van der Waals surface area (Å²) in [6.45, 7) is 2.18. The van der Waals surface area contributed by atoms with Crippen LogP contribution in [-0.2, 0) is 6.42 Å². The molecule has 1 aliphatic heterocycles. The van der Waals surface area contributed by atoms with Gasteiger partial charge in [-0.3, -0.25) is 0 Å². The standard InChI is InChI=1S/C13H17BrFN/c14-12-3-4-13(15)11(9-12)8-10-2-1-6-16-7-5-10/h3-4,9-10,16H,1-2,5-8H2. The molecule has 0 aliphatic carbocycles. The summed E-state index contributed by atoms with van der Waals surface area (Å²) in [4.78, 5) is 0. The molecule has 1 fully saturated rings. The Hall–Kier alpha value is -0.410. The Morgan fingerprint density at radius 3 is 3.06 bits per heavy atom. The van der Waals surface area contributed by atoms with Crippen molar-refractivity contribution in [2.24, 2.45) is 5.92 Å². The maximum atomic E-state index is 13.6. The third-order valence-electron chi connectivity index (χ3n) is 3.21. The van der Waals surface area contributed by atoms with E-state index in [1.807, 2.05) is 6.07 Å². The summed E-state index contributed by atoms with van der Waals surface area (Å²) >= 11 is 3.40. The number of nitrogens with one attached hydrogen (secondary N) is 1. The Kier molecular flexibility index (Phi) is 4.36. The molecule has 0 aromatic heterocycles. The third-order valence-corrected chi connectivity index (χ3v) is 3.70. The van der Waals surface area contributed by atoms with Crippen molar-refractivity contribution < 1.29 is 4.39 Å². The monoisotopic (exact) mass is 285 g/mol. The number of hydrogen-bond acceptors (Lipinski definition) is 1. The molecule has 88 valence electrons. The first-order chi connectivity index (χ1) is 7.75. The zero-order valence-electron chi connectivity index (χ0n) is 9.31. The maximum Gasteiger partial charge on any atom is 0.126 e. The number of benzene rings is 1. The zero-order valence-corrected chi connectivity index (χ0v) is 10.9. The quantitative estimate of drug-likeness (QED) is 0.877. The van der Waals surface area contributed by atoms with Gasteiger partial charge in [0, 0.05) is 4.47 Å². The molecule has 1 unspecified atom stereocenters. The molecule has 1 atom stereocenters. The minimum atomic E-state index is -0.0691. The molecule has 0 bridgehead atoms. The van der Waals surface area contributed by atoms with Crippen molar-refractivity contribution in [2.75, 3.05) is 13.1 Å². The minimum Gasteiger partial charge on any atom is -0.317 e. The Labute approximate surface area is 105 Å². The highest BCUT2D eigenvalue weighted by Gasteiger charge is 2.14. The summed E-state index contributed by atoms with van der Waals surface area (Å²) in [6.07, 6.45) is 4.44. The molecular formula is C13H17BrFN. The van der Waals surface area contributed by atoms with E-state index in [1.54, 1.807) is 12.1 Å². The van der Waals surface area contributed by atoms with Gasteiger partial charge in [0.2, 0.25) is 0 Å². The Balaban J connectivity index is 2.04. The van der Waals surface area contributed by atoms with Crippen molar-refractivity contribution in [1.29, 1.82) is 0 Å². The van der Waals surface area contributed by atoms with Gasteiger partial charge in [-0.1, -0.05) is 15.9 Å². The first-order valence-electron chi connectivity index (χ1n) is 5.90. The van der Waals surface area contributed by atoms with Gasteiger partial charge in [-0.25, -0.2) is 4.39 Å². The topological polar surface area (TPSA) is 12.0 Å². The molecule has 0 radical (unpaired) electrons. The SMILES string of the molecule is Fc1ccc(Br)cc1CC1CCCNCC1. The average Bonchev–Trinajstić information content (AvgIpc) is 2.52. The molecule has 1 aromatic carbocycles. The molecule has 1 aliphatic rings. The van der Waals surface area contributed by atoms with E-state index in [2.05, 4.69) is 21.2 Å². The fourth-order valence-electron chi connectivity index (χ4n) is 2.31. The molecule has 16 heavy (non-hydrogen) atoms. The van der Waals surface area contributed by atoms with Gasteiger partial charge in [0.1, 0.15) is 5.82 Å². The van der Waals surface area contributed by atoms with Gasteiger partial charge >= 0.3 is 0 Å². The summed E-state index contributed by atoms with van der Waals surface area (Å²) in [5.41, 5.74) is 0.848. The molecule has 2 rings (SSSR count). The molecule has 1 aromatic rings. The predicted molar refractivity (Wildman–Crippen MR) is 68.0 cm³/mol. The van der Waals surface area contributed by atoms with Crippen molar-refractivity contribution in [3.63, 3.8) is 0 Å². The van der Waals surface area contributed by atoms with Crippen molar-refractivity contribution in [2.45, 2.75) is 25.7 Å². The van der Waals surface area contributed by atoms with Crippen LogP contribution in [0.4, 0.5) is 4.39 Å². The predicted octanol–water partition coefficient (Wildman–Crippen LogP) is 3.52. The van der Waals surface area contributed by atoms with Crippen LogP contribution < -0.4 is 5.32 Å². The third kappa shape index (κ3) is 3.29. The zero-order chi connectivity index (χ0) is 11.4. The molecule has 3 heteroatoms. The van der Waals surface area contributed by atoms with Crippen LogP contribution in [0.2, 0.25) is 0 Å². The molecule has 1 N–H and O–H groups in total. The van der Waals surface area contributed by atoms with Crippen molar-refractivity contribution in [1.82, 2.24) is 5.32 Å². The fourth-order valence-corrected chi connectivity index (χ4v) is 2.71. The second-order valence-corrected chi connectivity index (χ2v) is 5.40. The lowest BCUT2D eigenvalue weighted by molar-refractivity contribution is 0.458. The Morgan fingerprint density at radius 1 is 1.31 bits per heavy atom. The largest absolute Gasteiger partial charge is 0.317 e. The highest BCUT2D eigenvalue weighted by atomic mass is 79.9. The fraction of sp³-hybridized carbons (Fsp3) is 0.538. The highest BCUT2D eigenvalue weighted by molar-refractivity contribution is 9.10. The first kappa shape index (κ1) is 12.1. The normalized spacial score (nSPS) is 21.8. The molecule has 1 heterocycles. The van der Waals surface area contributed by atoms with E-state index >= 15 is 0 Å². The van der Waals surface area contributed by atoms with Crippen LogP contribution in [0.1, 0.15) is 24.8 Å². The van der Waals surface area contributed by atoms with E-state index in [0.29, 0.717) is 5.92 Å². The van der Waals surface area contributed by atoms with E-state index in [1.165, 1.54) is 12.8 Å². The van der Waals surface area contributed by atoms with Gasteiger partial charge in [0.05, 0.1) is 0 Å². The van der Waals surface area contributed by atoms with Crippen LogP contribution in [-0.4, -0.2) is 13.1 Å². The van der Waals surface area contributed by atoms with Gasteiger partial charge in [0.25, 0.3) is 0 Å². The van der Waals surface area contributed by atoms with Gasteiger partial charge < -0.3 is 5.32 Å². The van der Waals surface area contributed by atoms with Crippen molar-refractivity contribution in [3.8, 4) is 0 Å². The van der Waals surface area contributed by atoms with Gasteiger partial charge in [-0.2, -0.15) is 0 Å². The van der Waals surface area contributed by atoms with E-state index in [9.17, 15) is 4.39 Å². The maximum absolute atomic E-state index is 13.6. The number of hydrogen-bond donors (Lipinski definition) is 1. The second-order valence-electron chi connectivity index (χ2n) is 4.49. The molecule has 0 spiro atoms. The lowest BCUT2D eigenvalue weighted by Crippen LogP contribution is -2.14. The summed E-state index contributed by atoms with van der Waals surface area (Å²) < 4.78 is 14.6. The Bertz CT molecular complexity index is 346. The van der Waals surface area contributed by atoms with Crippen LogP contribution in [0.5, 0.6) is 0 Å². The highest BCUT2D eigenvalue weighted by Crippen LogP contribution is 2.23. The lowest BCUT2D eigenvalue weighted by Gasteiger charge is -2.14. The smallest absolute Gasteiger partial charge is 0.126 e. The summed E-state index contributed by atoms with van der Waals surface area (Å²) in [6, 6.07) is 5.22. The first-order valence-corrected chi connectivity index (χ1v) is 6.69. The van der Waals surface area contributed by atoms with Gasteiger partial charge in [-0.05, 0) is 68.5 Å². The average molecular weight is 286 g/mol. The summed E-state index contributed by atoms with van der Waals surface area (Å²) in [5, 5.41) is 3.39. The van der Waals surface area contributed by atoms with Gasteiger partial charge in [-0.15, -0.1) is 0 Å². The second kappa shape index (κ2) is 5.78. The van der Waals surface area contributed by atoms with Gasteiger partial charge in [0.15, 0.2) is 0 Å². The molecule has 1 saturated heterocycles. The van der Waals surface area contributed by atoms with Crippen molar-refractivity contribution >= 4 is 15.9 Å². The van der Waals surface area contributed by atoms with Crippen LogP contribution in [0.3, 0.4) is 0 Å². The molecule has 0 amide bonds. The van der Waals surface area contributed by atoms with Crippen LogP contribution in [0.15, 0.2) is 22.7 Å². The van der Waals surface area contributed by atoms with Crippen LogP contribution in [0, 0.1) is 11.7 Å². The summed E-state index contributed by atoms with van der Waals surface area (Å²) in [5.74, 6) is 0.555. The van der Waals surface area contributed by atoms with E-state index in [4.69, 9.17) is 0 Å². The lowest BCUT2D eigenvalue weighted by atomic mass is 9.92. The summed E-state index contributed by atoms with van der Waals surface area (Å²) in [7, 11) is 0. The number of rotatable bonds is 2. The minimum absolute atomic E-state index is 0.0691. The van der Waals surface area contributed by atoms with E-state index < -0.39 is 0 Å². The number of halogens is 2. The van der Waals surface area contributed by atoms with E-state index in [0.717, 1.165) is 36.0 Å². The Morgan fingerprint density at radius 2 is 2.19 bits per heavy atom. The van der Waals surface area contributed by atoms with Crippen molar-refractivity contribution in [3.05, 3.63) is 34.1 Å². The van der Waals surface area contributed by atoms with E-state index in [-0.39, 0.29) is 5.82 Å². The van der Waals surface area contributed by atoms with Crippen LogP contribution in [0.25, 0.3) is 0 Å². The molecule has 1 nitrogen and oxygen atoms in total. The van der Waals surface area contributed by atoms with Crippen LogP contribution >= 0.6 is 15.9 Å².